The van der Waals surface area contributed by atoms with Gasteiger partial charge in [0.2, 0.25) is 0 Å². The highest BCUT2D eigenvalue weighted by atomic mass is 79.9. The third-order valence-corrected chi connectivity index (χ3v) is 5.42. The normalized spacial score (nSPS) is 11.9. The molecule has 0 aliphatic heterocycles. The van der Waals surface area contributed by atoms with Gasteiger partial charge in [0.05, 0.1) is 10.4 Å². The third-order valence-electron chi connectivity index (χ3n) is 3.10. The Morgan fingerprint density at radius 1 is 1.15 bits per heavy atom. The average Bonchev–Trinajstić information content (AvgIpc) is 2.78. The first-order chi connectivity index (χ1) is 9.50. The lowest BCUT2D eigenvalue weighted by molar-refractivity contribution is 0.589. The highest BCUT2D eigenvalue weighted by Crippen LogP contribution is 2.28. The minimum Gasteiger partial charge on any atom is -0.264 e. The molecular weight excluding hydrogens is 340 g/mol. The van der Waals surface area contributed by atoms with E-state index >= 15 is 0 Å². The molecule has 2 aromatic heterocycles. The van der Waals surface area contributed by atoms with E-state index < -0.39 is 10.0 Å². The summed E-state index contributed by atoms with van der Waals surface area (Å²) in [6.45, 7) is 1.92. The average molecular weight is 351 g/mol. The molecule has 0 saturated heterocycles. The molecule has 0 amide bonds. The van der Waals surface area contributed by atoms with Crippen molar-refractivity contribution in [3.05, 3.63) is 59.0 Å². The number of hydrogen-bond donors (Lipinski definition) is 0. The number of aryl methyl sites for hydroxylation is 1. The molecule has 0 saturated carbocycles. The van der Waals surface area contributed by atoms with Crippen molar-refractivity contribution in [1.82, 2.24) is 8.96 Å². The van der Waals surface area contributed by atoms with Crippen molar-refractivity contribution in [3.8, 4) is 0 Å². The van der Waals surface area contributed by atoms with Crippen LogP contribution in [0.4, 0.5) is 0 Å². The first-order valence-corrected chi connectivity index (χ1v) is 8.16. The quantitative estimate of drug-likeness (QED) is 0.712. The lowest BCUT2D eigenvalue weighted by Crippen LogP contribution is -2.11. The van der Waals surface area contributed by atoms with Crippen molar-refractivity contribution in [3.63, 3.8) is 0 Å². The van der Waals surface area contributed by atoms with Gasteiger partial charge in [-0.05, 0) is 41.1 Å². The van der Waals surface area contributed by atoms with E-state index in [-0.39, 0.29) is 4.90 Å². The van der Waals surface area contributed by atoms with Gasteiger partial charge in [-0.1, -0.05) is 17.7 Å². The molecule has 2 heterocycles. The maximum Gasteiger partial charge on any atom is 0.268 e. The second kappa shape index (κ2) is 4.71. The van der Waals surface area contributed by atoms with Crippen molar-refractivity contribution in [2.24, 2.45) is 0 Å². The van der Waals surface area contributed by atoms with Crippen LogP contribution in [0.2, 0.25) is 0 Å². The molecule has 0 bridgehead atoms. The Labute approximate surface area is 125 Å². The minimum atomic E-state index is -3.60. The fraction of sp³-hybridized carbons (Fsp3) is 0.0714. The molecule has 0 radical (unpaired) electrons. The zero-order chi connectivity index (χ0) is 14.3. The van der Waals surface area contributed by atoms with Crippen LogP contribution in [-0.2, 0) is 10.0 Å². The zero-order valence-electron chi connectivity index (χ0n) is 10.6. The fourth-order valence-corrected chi connectivity index (χ4v) is 4.04. The number of aromatic nitrogens is 2. The molecule has 20 heavy (non-hydrogen) atoms. The summed E-state index contributed by atoms with van der Waals surface area (Å²) in [6, 6.07) is 8.49. The summed E-state index contributed by atoms with van der Waals surface area (Å²) in [5.41, 5.74) is 1.62. The number of benzene rings is 1. The van der Waals surface area contributed by atoms with Crippen molar-refractivity contribution >= 4 is 36.9 Å². The fourth-order valence-electron chi connectivity index (χ4n) is 2.03. The zero-order valence-corrected chi connectivity index (χ0v) is 13.0. The Kier molecular flexibility index (Phi) is 3.14. The first kappa shape index (κ1) is 13.3. The molecule has 0 spiro atoms. The van der Waals surface area contributed by atoms with Crippen LogP contribution in [0.15, 0.2) is 58.3 Å². The highest BCUT2D eigenvalue weighted by molar-refractivity contribution is 9.10. The predicted molar refractivity (Wildman–Crippen MR) is 81.2 cm³/mol. The van der Waals surface area contributed by atoms with Crippen LogP contribution in [0, 0.1) is 6.92 Å². The molecule has 3 aromatic rings. The van der Waals surface area contributed by atoms with Crippen molar-refractivity contribution in [2.75, 3.05) is 0 Å². The molecule has 0 unspecified atom stereocenters. The van der Waals surface area contributed by atoms with Gasteiger partial charge in [-0.3, -0.25) is 4.98 Å². The predicted octanol–water partition coefficient (Wildman–Crippen LogP) is 3.34. The number of nitrogens with zero attached hydrogens (tertiary/aromatic N) is 2. The molecule has 0 atom stereocenters. The number of fused-ring (bicyclic) bond motifs is 1. The van der Waals surface area contributed by atoms with Gasteiger partial charge in [-0.15, -0.1) is 0 Å². The summed E-state index contributed by atoms with van der Waals surface area (Å²) in [4.78, 5) is 4.28. The van der Waals surface area contributed by atoms with Crippen LogP contribution in [0.3, 0.4) is 0 Å². The van der Waals surface area contributed by atoms with Crippen molar-refractivity contribution < 1.29 is 8.42 Å². The summed E-state index contributed by atoms with van der Waals surface area (Å²) < 4.78 is 27.4. The van der Waals surface area contributed by atoms with Crippen LogP contribution < -0.4 is 0 Å². The first-order valence-electron chi connectivity index (χ1n) is 5.93. The number of pyridine rings is 1. The smallest absolute Gasteiger partial charge is 0.264 e. The largest absolute Gasteiger partial charge is 0.268 e. The lowest BCUT2D eigenvalue weighted by Gasteiger charge is -2.07. The second-order valence-corrected chi connectivity index (χ2v) is 7.15. The molecule has 0 fully saturated rings. The van der Waals surface area contributed by atoms with Gasteiger partial charge in [0, 0.05) is 28.4 Å². The summed E-state index contributed by atoms with van der Waals surface area (Å²) in [6.07, 6.45) is 4.78. The Balaban J connectivity index is 2.27. The molecule has 4 nitrogen and oxygen atoms in total. The lowest BCUT2D eigenvalue weighted by atomic mass is 10.2. The molecule has 1 aromatic carbocycles. The van der Waals surface area contributed by atoms with Crippen LogP contribution in [-0.4, -0.2) is 17.4 Å². The van der Waals surface area contributed by atoms with Crippen molar-refractivity contribution in [1.29, 1.82) is 0 Å². The Bertz CT molecular complexity index is 883. The summed E-state index contributed by atoms with van der Waals surface area (Å²) in [5, 5.41) is 0.767. The van der Waals surface area contributed by atoms with Gasteiger partial charge in [-0.2, -0.15) is 0 Å². The van der Waals surface area contributed by atoms with Gasteiger partial charge in [0.1, 0.15) is 0 Å². The second-order valence-electron chi connectivity index (χ2n) is 4.48. The molecule has 0 aliphatic carbocycles. The molecule has 6 heteroatoms. The molecular formula is C14H11BrN2O2S. The monoisotopic (exact) mass is 350 g/mol. The summed E-state index contributed by atoms with van der Waals surface area (Å²) in [5.74, 6) is 0. The number of halogens is 1. The Morgan fingerprint density at radius 3 is 2.55 bits per heavy atom. The van der Waals surface area contributed by atoms with E-state index in [0.29, 0.717) is 9.99 Å². The highest BCUT2D eigenvalue weighted by Gasteiger charge is 2.20. The van der Waals surface area contributed by atoms with Gasteiger partial charge in [0.15, 0.2) is 0 Å². The van der Waals surface area contributed by atoms with Gasteiger partial charge in [0.25, 0.3) is 10.0 Å². The summed E-state index contributed by atoms with van der Waals surface area (Å²) in [7, 11) is -3.60. The van der Waals surface area contributed by atoms with Gasteiger partial charge in [-0.25, -0.2) is 12.4 Å². The Hall–Kier alpha value is -1.66. The van der Waals surface area contributed by atoms with E-state index in [1.54, 1.807) is 48.9 Å². The van der Waals surface area contributed by atoms with Crippen LogP contribution in [0.5, 0.6) is 0 Å². The number of hydrogen-bond acceptors (Lipinski definition) is 3. The number of rotatable bonds is 2. The van der Waals surface area contributed by atoms with E-state index in [4.69, 9.17) is 0 Å². The topological polar surface area (TPSA) is 52.0 Å². The van der Waals surface area contributed by atoms with Crippen LogP contribution >= 0.6 is 15.9 Å². The van der Waals surface area contributed by atoms with E-state index in [9.17, 15) is 8.42 Å². The standard InChI is InChI=1S/C14H11BrN2O2S/c1-10-2-4-11(5-3-10)20(18,19)17-9-13(15)12-8-16-7-6-14(12)17/h2-9H,1H3. The maximum atomic E-state index is 12.7. The molecule has 0 N–H and O–H groups in total. The Morgan fingerprint density at radius 2 is 1.85 bits per heavy atom. The van der Waals surface area contributed by atoms with Gasteiger partial charge >= 0.3 is 0 Å². The minimum absolute atomic E-state index is 0.268. The van der Waals surface area contributed by atoms with E-state index in [1.807, 2.05) is 6.92 Å². The van der Waals surface area contributed by atoms with E-state index in [2.05, 4.69) is 20.9 Å². The van der Waals surface area contributed by atoms with E-state index in [0.717, 1.165) is 10.9 Å². The van der Waals surface area contributed by atoms with Gasteiger partial charge < -0.3 is 0 Å². The SMILES string of the molecule is Cc1ccc(S(=O)(=O)n2cc(Br)c3cnccc32)cc1. The van der Waals surface area contributed by atoms with Crippen LogP contribution in [0.1, 0.15) is 5.56 Å². The summed E-state index contributed by atoms with van der Waals surface area (Å²) >= 11 is 3.37. The molecule has 102 valence electrons. The maximum absolute atomic E-state index is 12.7. The van der Waals surface area contributed by atoms with E-state index in [1.165, 1.54) is 3.97 Å². The van der Waals surface area contributed by atoms with Crippen molar-refractivity contribution in [2.45, 2.75) is 11.8 Å². The molecule has 0 aliphatic rings. The van der Waals surface area contributed by atoms with Crippen LogP contribution in [0.25, 0.3) is 10.9 Å². The third kappa shape index (κ3) is 2.05. The molecule has 3 rings (SSSR count).